The number of nitrogens with one attached hydrogen (secondary N) is 3. The standard InChI is InChI=1S/C29H28BrClN4O4/c1-3-4-5-14-39-23-10-7-21(8-11-23)32-28(37)29(38)34-35-25-13-6-20(31)16-19(25)17-26(35)27(36)33-22-9-12-24(30)18(2)15-22/h6-13,15-17H,3-5,14H2,1-2H3,(H,32,37)(H,33,36)(H,34,38). The third-order valence-electron chi connectivity index (χ3n) is 5.96. The molecule has 10 heteroatoms. The van der Waals surface area contributed by atoms with E-state index in [0.717, 1.165) is 29.3 Å². The van der Waals surface area contributed by atoms with E-state index in [4.69, 9.17) is 16.3 Å². The molecule has 0 aliphatic heterocycles. The first-order valence-electron chi connectivity index (χ1n) is 12.5. The Morgan fingerprint density at radius 1 is 0.897 bits per heavy atom. The average molecular weight is 612 g/mol. The molecule has 0 saturated heterocycles. The lowest BCUT2D eigenvalue weighted by Gasteiger charge is -2.13. The SMILES string of the molecule is CCCCCOc1ccc(NC(=O)C(=O)Nn2c(C(=O)Nc3ccc(Br)c(C)c3)cc3cc(Cl)ccc32)cc1. The number of hydrogen-bond donors (Lipinski definition) is 3. The Hall–Kier alpha value is -3.82. The van der Waals surface area contributed by atoms with Gasteiger partial charge in [0.15, 0.2) is 0 Å². The highest BCUT2D eigenvalue weighted by Gasteiger charge is 2.21. The Balaban J connectivity index is 1.49. The van der Waals surface area contributed by atoms with Gasteiger partial charge in [0.2, 0.25) is 0 Å². The number of aromatic nitrogens is 1. The van der Waals surface area contributed by atoms with Gasteiger partial charge in [0.1, 0.15) is 11.4 Å². The molecule has 4 aromatic rings. The monoisotopic (exact) mass is 610 g/mol. The summed E-state index contributed by atoms with van der Waals surface area (Å²) < 4.78 is 7.87. The van der Waals surface area contributed by atoms with E-state index in [1.165, 1.54) is 4.68 Å². The van der Waals surface area contributed by atoms with E-state index in [-0.39, 0.29) is 5.69 Å². The summed E-state index contributed by atoms with van der Waals surface area (Å²) in [6.45, 7) is 4.66. The lowest BCUT2D eigenvalue weighted by Crippen LogP contribution is -2.36. The Morgan fingerprint density at radius 3 is 2.36 bits per heavy atom. The molecule has 3 amide bonds. The molecule has 3 aromatic carbocycles. The Kier molecular flexibility index (Phi) is 9.27. The Morgan fingerprint density at radius 2 is 1.64 bits per heavy atom. The van der Waals surface area contributed by atoms with E-state index < -0.39 is 17.7 Å². The van der Waals surface area contributed by atoms with E-state index in [1.807, 2.05) is 19.1 Å². The lowest BCUT2D eigenvalue weighted by molar-refractivity contribution is -0.133. The number of hydrogen-bond acceptors (Lipinski definition) is 4. The first-order valence-corrected chi connectivity index (χ1v) is 13.7. The molecular formula is C29H28BrClN4O4. The average Bonchev–Trinajstić information content (AvgIpc) is 3.27. The molecule has 0 bridgehead atoms. The Bertz CT molecular complexity index is 1520. The maximum Gasteiger partial charge on any atom is 0.328 e. The van der Waals surface area contributed by atoms with Gasteiger partial charge in [0, 0.05) is 26.3 Å². The minimum atomic E-state index is -0.948. The number of rotatable bonds is 9. The highest BCUT2D eigenvalue weighted by atomic mass is 79.9. The highest BCUT2D eigenvalue weighted by Crippen LogP contribution is 2.25. The smallest absolute Gasteiger partial charge is 0.328 e. The normalized spacial score (nSPS) is 10.8. The van der Waals surface area contributed by atoms with Crippen LogP contribution in [0.3, 0.4) is 0 Å². The van der Waals surface area contributed by atoms with E-state index >= 15 is 0 Å². The predicted molar refractivity (Wildman–Crippen MR) is 158 cm³/mol. The molecule has 0 aliphatic carbocycles. The second-order valence-electron chi connectivity index (χ2n) is 8.96. The van der Waals surface area contributed by atoms with Gasteiger partial charge in [0.05, 0.1) is 12.1 Å². The van der Waals surface area contributed by atoms with Gasteiger partial charge >= 0.3 is 11.8 Å². The zero-order valence-electron chi connectivity index (χ0n) is 21.5. The van der Waals surface area contributed by atoms with Gasteiger partial charge in [-0.05, 0) is 85.6 Å². The predicted octanol–water partition coefficient (Wildman–Crippen LogP) is 6.90. The number of nitrogens with zero attached hydrogens (tertiary/aromatic N) is 1. The number of carbonyl (C=O) groups is 3. The number of unbranched alkanes of at least 4 members (excludes halogenated alkanes) is 2. The van der Waals surface area contributed by atoms with Crippen molar-refractivity contribution in [3.63, 3.8) is 0 Å². The molecule has 0 radical (unpaired) electrons. The minimum absolute atomic E-state index is 0.124. The zero-order chi connectivity index (χ0) is 27.9. The van der Waals surface area contributed by atoms with Crippen LogP contribution in [0.2, 0.25) is 5.02 Å². The maximum absolute atomic E-state index is 13.2. The number of benzene rings is 3. The van der Waals surface area contributed by atoms with Crippen LogP contribution in [0.5, 0.6) is 5.75 Å². The van der Waals surface area contributed by atoms with Crippen LogP contribution in [0.4, 0.5) is 11.4 Å². The lowest BCUT2D eigenvalue weighted by atomic mass is 10.2. The van der Waals surface area contributed by atoms with Crippen molar-refractivity contribution in [2.45, 2.75) is 33.1 Å². The molecule has 3 N–H and O–H groups in total. The summed E-state index contributed by atoms with van der Waals surface area (Å²) in [5, 5.41) is 6.49. The summed E-state index contributed by atoms with van der Waals surface area (Å²) in [6.07, 6.45) is 3.18. The van der Waals surface area contributed by atoms with Crippen molar-refractivity contribution in [2.75, 3.05) is 22.7 Å². The van der Waals surface area contributed by atoms with E-state index in [2.05, 4.69) is 38.9 Å². The molecule has 0 saturated carbocycles. The van der Waals surface area contributed by atoms with Crippen LogP contribution in [-0.4, -0.2) is 29.0 Å². The molecule has 1 heterocycles. The molecule has 39 heavy (non-hydrogen) atoms. The van der Waals surface area contributed by atoms with Crippen LogP contribution >= 0.6 is 27.5 Å². The Labute approximate surface area is 239 Å². The fourth-order valence-corrected chi connectivity index (χ4v) is 4.34. The van der Waals surface area contributed by atoms with E-state index in [1.54, 1.807) is 54.6 Å². The topological polar surface area (TPSA) is 101 Å². The molecule has 0 fully saturated rings. The second-order valence-corrected chi connectivity index (χ2v) is 10.3. The van der Waals surface area contributed by atoms with Gasteiger partial charge in [-0.15, -0.1) is 0 Å². The third kappa shape index (κ3) is 7.19. The number of halogens is 2. The third-order valence-corrected chi connectivity index (χ3v) is 7.09. The van der Waals surface area contributed by atoms with E-state index in [9.17, 15) is 14.4 Å². The maximum atomic E-state index is 13.2. The summed E-state index contributed by atoms with van der Waals surface area (Å²) in [7, 11) is 0. The van der Waals surface area contributed by atoms with Crippen LogP contribution in [0.25, 0.3) is 10.9 Å². The summed E-state index contributed by atoms with van der Waals surface area (Å²) in [6, 6.07) is 18.8. The largest absolute Gasteiger partial charge is 0.494 e. The fraction of sp³-hybridized carbons (Fsp3) is 0.207. The van der Waals surface area contributed by atoms with Crippen molar-refractivity contribution >= 4 is 67.5 Å². The number of anilines is 2. The number of fused-ring (bicyclic) bond motifs is 1. The first kappa shape index (κ1) is 28.2. The fourth-order valence-electron chi connectivity index (χ4n) is 3.91. The van der Waals surface area contributed by atoms with Crippen molar-refractivity contribution in [2.24, 2.45) is 0 Å². The van der Waals surface area contributed by atoms with Crippen molar-refractivity contribution in [1.82, 2.24) is 4.68 Å². The number of amides is 3. The van der Waals surface area contributed by atoms with Gasteiger partial charge in [-0.3, -0.25) is 19.8 Å². The van der Waals surface area contributed by atoms with Gasteiger partial charge < -0.3 is 15.4 Å². The molecule has 0 atom stereocenters. The minimum Gasteiger partial charge on any atom is -0.494 e. The molecule has 8 nitrogen and oxygen atoms in total. The highest BCUT2D eigenvalue weighted by molar-refractivity contribution is 9.10. The van der Waals surface area contributed by atoms with Crippen molar-refractivity contribution < 1.29 is 19.1 Å². The summed E-state index contributed by atoms with van der Waals surface area (Å²) in [5.41, 5.74) is 5.13. The van der Waals surface area contributed by atoms with Gasteiger partial charge in [-0.1, -0.05) is 47.3 Å². The van der Waals surface area contributed by atoms with Crippen molar-refractivity contribution in [3.8, 4) is 5.75 Å². The molecule has 4 rings (SSSR count). The van der Waals surface area contributed by atoms with Gasteiger partial charge in [0.25, 0.3) is 5.91 Å². The molecule has 1 aromatic heterocycles. The summed E-state index contributed by atoms with van der Waals surface area (Å²) in [5.74, 6) is -1.63. The molecule has 202 valence electrons. The first-order chi connectivity index (χ1) is 18.7. The number of aryl methyl sites for hydroxylation is 1. The van der Waals surface area contributed by atoms with E-state index in [0.29, 0.717) is 39.7 Å². The van der Waals surface area contributed by atoms with Gasteiger partial charge in [-0.25, -0.2) is 4.68 Å². The quantitative estimate of drug-likeness (QED) is 0.142. The van der Waals surface area contributed by atoms with Crippen LogP contribution < -0.4 is 20.8 Å². The number of ether oxygens (including phenoxy) is 1. The van der Waals surface area contributed by atoms with Crippen molar-refractivity contribution in [3.05, 3.63) is 87.5 Å². The molecule has 0 spiro atoms. The molecular weight excluding hydrogens is 584 g/mol. The summed E-state index contributed by atoms with van der Waals surface area (Å²) in [4.78, 5) is 38.8. The second kappa shape index (κ2) is 12.8. The molecule has 0 unspecified atom stereocenters. The summed E-state index contributed by atoms with van der Waals surface area (Å²) >= 11 is 9.59. The van der Waals surface area contributed by atoms with Crippen LogP contribution in [0, 0.1) is 6.92 Å². The van der Waals surface area contributed by atoms with Crippen LogP contribution in [0.1, 0.15) is 42.2 Å². The zero-order valence-corrected chi connectivity index (χ0v) is 23.9. The van der Waals surface area contributed by atoms with Crippen LogP contribution in [0.15, 0.2) is 71.2 Å². The van der Waals surface area contributed by atoms with Crippen LogP contribution in [-0.2, 0) is 9.59 Å². The van der Waals surface area contributed by atoms with Crippen molar-refractivity contribution in [1.29, 1.82) is 0 Å². The van der Waals surface area contributed by atoms with Gasteiger partial charge in [-0.2, -0.15) is 0 Å². The molecule has 0 aliphatic rings. The number of carbonyl (C=O) groups excluding carboxylic acids is 3.